The molecule has 2 N–H and O–H groups in total. The van der Waals surface area contributed by atoms with E-state index >= 15 is 0 Å². The van der Waals surface area contributed by atoms with E-state index in [0.717, 1.165) is 12.8 Å². The first-order valence-electron chi connectivity index (χ1n) is 5.46. The van der Waals surface area contributed by atoms with Gasteiger partial charge in [0.2, 0.25) is 0 Å². The van der Waals surface area contributed by atoms with Gasteiger partial charge < -0.3 is 5.73 Å². The predicted molar refractivity (Wildman–Crippen MR) is 64.7 cm³/mol. The van der Waals surface area contributed by atoms with Crippen LogP contribution >= 0.6 is 11.6 Å². The van der Waals surface area contributed by atoms with Gasteiger partial charge in [0.1, 0.15) is 11.5 Å². The highest BCUT2D eigenvalue weighted by Crippen LogP contribution is 2.28. The lowest BCUT2D eigenvalue weighted by molar-refractivity contribution is 0.629. The maximum atomic E-state index is 13.6. The topological polar surface area (TPSA) is 38.4 Å². The van der Waals surface area contributed by atoms with Gasteiger partial charge in [-0.2, -0.15) is 0 Å². The summed E-state index contributed by atoms with van der Waals surface area (Å²) in [7, 11) is 0. The number of nitrogens with two attached hydrogens (primary N) is 1. The summed E-state index contributed by atoms with van der Waals surface area (Å²) in [6.07, 6.45) is 4.47. The number of hydrogen-bond acceptors (Lipinski definition) is 1. The molecule has 1 aliphatic carbocycles. The molecule has 0 heterocycles. The van der Waals surface area contributed by atoms with Crippen LogP contribution in [0, 0.1) is 11.7 Å². The standard InChI is InChI=1S/C12H14ClFN2/c13-9-6-3-7-10(11(9)14)16-12(15)8-4-1-2-5-8/h3,6-8H,1-2,4-5H2,(H2,15,16). The van der Waals surface area contributed by atoms with Crippen LogP contribution in [-0.2, 0) is 0 Å². The molecule has 1 aliphatic rings. The molecule has 0 bridgehead atoms. The van der Waals surface area contributed by atoms with Gasteiger partial charge in [0, 0.05) is 5.92 Å². The lowest BCUT2D eigenvalue weighted by atomic mass is 10.1. The third-order valence-corrected chi connectivity index (χ3v) is 3.25. The molecule has 86 valence electrons. The van der Waals surface area contributed by atoms with Gasteiger partial charge in [-0.25, -0.2) is 9.38 Å². The minimum Gasteiger partial charge on any atom is -0.387 e. The van der Waals surface area contributed by atoms with Gasteiger partial charge in [-0.15, -0.1) is 0 Å². The Bertz CT molecular complexity index is 411. The molecule has 0 unspecified atom stereocenters. The smallest absolute Gasteiger partial charge is 0.167 e. The Labute approximate surface area is 99.3 Å². The van der Waals surface area contributed by atoms with E-state index in [1.807, 2.05) is 0 Å². The second-order valence-corrected chi connectivity index (χ2v) is 4.50. The Morgan fingerprint density at radius 1 is 1.38 bits per heavy atom. The molecule has 16 heavy (non-hydrogen) atoms. The number of halogens is 2. The Morgan fingerprint density at radius 2 is 2.06 bits per heavy atom. The molecule has 0 aliphatic heterocycles. The summed E-state index contributed by atoms with van der Waals surface area (Å²) < 4.78 is 13.6. The van der Waals surface area contributed by atoms with Crippen LogP contribution in [0.15, 0.2) is 23.2 Å². The fourth-order valence-corrected chi connectivity index (χ4v) is 2.20. The summed E-state index contributed by atoms with van der Waals surface area (Å²) in [6, 6.07) is 4.76. The Hall–Kier alpha value is -1.09. The van der Waals surface area contributed by atoms with Crippen molar-refractivity contribution in [3.63, 3.8) is 0 Å². The average Bonchev–Trinajstić information content (AvgIpc) is 2.78. The van der Waals surface area contributed by atoms with Crippen LogP contribution in [0.5, 0.6) is 0 Å². The first-order chi connectivity index (χ1) is 7.68. The summed E-state index contributed by atoms with van der Waals surface area (Å²) in [5, 5.41) is 0.0838. The third-order valence-electron chi connectivity index (χ3n) is 2.95. The Balaban J connectivity index is 2.24. The van der Waals surface area contributed by atoms with Crippen LogP contribution in [0.3, 0.4) is 0 Å². The predicted octanol–water partition coefficient (Wildman–Crippen LogP) is 3.66. The lowest BCUT2D eigenvalue weighted by Crippen LogP contribution is -2.20. The zero-order chi connectivity index (χ0) is 11.5. The van der Waals surface area contributed by atoms with E-state index in [4.69, 9.17) is 17.3 Å². The molecule has 1 fully saturated rings. The van der Waals surface area contributed by atoms with Crippen LogP contribution < -0.4 is 5.73 Å². The van der Waals surface area contributed by atoms with E-state index in [2.05, 4.69) is 4.99 Å². The molecule has 0 radical (unpaired) electrons. The number of nitrogens with zero attached hydrogens (tertiary/aromatic N) is 1. The molecule has 4 heteroatoms. The van der Waals surface area contributed by atoms with E-state index in [9.17, 15) is 4.39 Å². The third kappa shape index (κ3) is 2.35. The zero-order valence-corrected chi connectivity index (χ0v) is 9.67. The minimum absolute atomic E-state index is 0.0838. The molecule has 0 amide bonds. The van der Waals surface area contributed by atoms with Crippen LogP contribution in [0.1, 0.15) is 25.7 Å². The van der Waals surface area contributed by atoms with Crippen molar-refractivity contribution < 1.29 is 4.39 Å². The van der Waals surface area contributed by atoms with Crippen molar-refractivity contribution in [3.8, 4) is 0 Å². The molecule has 1 aromatic rings. The van der Waals surface area contributed by atoms with Crippen LogP contribution in [0.2, 0.25) is 5.02 Å². The van der Waals surface area contributed by atoms with Crippen LogP contribution in [-0.4, -0.2) is 5.84 Å². The highest BCUT2D eigenvalue weighted by molar-refractivity contribution is 6.31. The van der Waals surface area contributed by atoms with E-state index in [-0.39, 0.29) is 10.7 Å². The molecule has 2 nitrogen and oxygen atoms in total. The monoisotopic (exact) mass is 240 g/mol. The van der Waals surface area contributed by atoms with Gasteiger partial charge >= 0.3 is 0 Å². The molecule has 0 aromatic heterocycles. The number of hydrogen-bond donors (Lipinski definition) is 1. The second-order valence-electron chi connectivity index (χ2n) is 4.09. The minimum atomic E-state index is -0.495. The van der Waals surface area contributed by atoms with E-state index < -0.39 is 5.82 Å². The fourth-order valence-electron chi connectivity index (χ4n) is 2.03. The van der Waals surface area contributed by atoms with Crippen molar-refractivity contribution in [3.05, 3.63) is 29.0 Å². The van der Waals surface area contributed by atoms with Crippen molar-refractivity contribution in [2.24, 2.45) is 16.6 Å². The first kappa shape index (κ1) is 11.4. The Morgan fingerprint density at radius 3 is 2.75 bits per heavy atom. The largest absolute Gasteiger partial charge is 0.387 e. The summed E-state index contributed by atoms with van der Waals surface area (Å²) in [6.45, 7) is 0. The molecule has 0 spiro atoms. The summed E-state index contributed by atoms with van der Waals surface area (Å²) in [5.41, 5.74) is 6.10. The maximum Gasteiger partial charge on any atom is 0.167 e. The molecule has 1 aromatic carbocycles. The fraction of sp³-hybridized carbons (Fsp3) is 0.417. The van der Waals surface area contributed by atoms with Gasteiger partial charge in [-0.05, 0) is 25.0 Å². The van der Waals surface area contributed by atoms with Crippen LogP contribution in [0.4, 0.5) is 10.1 Å². The number of benzene rings is 1. The Kier molecular flexibility index (Phi) is 3.44. The van der Waals surface area contributed by atoms with Crippen molar-refractivity contribution in [2.45, 2.75) is 25.7 Å². The second kappa shape index (κ2) is 4.83. The number of amidine groups is 1. The van der Waals surface area contributed by atoms with E-state index in [0.29, 0.717) is 11.8 Å². The number of aliphatic imine (C=N–C) groups is 1. The SMILES string of the molecule is NC(=Nc1cccc(Cl)c1F)C1CCCC1. The lowest BCUT2D eigenvalue weighted by Gasteiger charge is -2.08. The molecular formula is C12H14ClFN2. The van der Waals surface area contributed by atoms with Crippen molar-refractivity contribution in [1.29, 1.82) is 0 Å². The van der Waals surface area contributed by atoms with Crippen molar-refractivity contribution >= 4 is 23.1 Å². The molecular weight excluding hydrogens is 227 g/mol. The van der Waals surface area contributed by atoms with Gasteiger partial charge in [-0.1, -0.05) is 30.5 Å². The zero-order valence-electron chi connectivity index (χ0n) is 8.92. The molecule has 2 rings (SSSR count). The molecule has 1 saturated carbocycles. The van der Waals surface area contributed by atoms with E-state index in [1.165, 1.54) is 18.9 Å². The average molecular weight is 241 g/mol. The van der Waals surface area contributed by atoms with Gasteiger partial charge in [0.05, 0.1) is 5.02 Å². The summed E-state index contributed by atoms with van der Waals surface area (Å²) in [4.78, 5) is 4.14. The van der Waals surface area contributed by atoms with E-state index in [1.54, 1.807) is 12.1 Å². The van der Waals surface area contributed by atoms with Crippen molar-refractivity contribution in [2.75, 3.05) is 0 Å². The highest BCUT2D eigenvalue weighted by atomic mass is 35.5. The maximum absolute atomic E-state index is 13.6. The molecule has 0 saturated heterocycles. The van der Waals surface area contributed by atoms with Crippen molar-refractivity contribution in [1.82, 2.24) is 0 Å². The normalized spacial score (nSPS) is 18.0. The van der Waals surface area contributed by atoms with Crippen LogP contribution in [0.25, 0.3) is 0 Å². The van der Waals surface area contributed by atoms with Gasteiger partial charge in [-0.3, -0.25) is 0 Å². The quantitative estimate of drug-likeness (QED) is 0.622. The molecule has 0 atom stereocenters. The highest BCUT2D eigenvalue weighted by Gasteiger charge is 2.19. The summed E-state index contributed by atoms with van der Waals surface area (Å²) in [5.74, 6) is 0.335. The van der Waals surface area contributed by atoms with Gasteiger partial charge in [0.25, 0.3) is 0 Å². The summed E-state index contributed by atoms with van der Waals surface area (Å²) >= 11 is 5.67. The number of rotatable bonds is 2. The first-order valence-corrected chi connectivity index (χ1v) is 5.84. The van der Waals surface area contributed by atoms with Gasteiger partial charge in [0.15, 0.2) is 5.82 Å².